The predicted molar refractivity (Wildman–Crippen MR) is 164 cm³/mol. The van der Waals surface area contributed by atoms with Crippen molar-refractivity contribution >= 4 is 22.4 Å². The minimum absolute atomic E-state index is 0.328. The Balaban J connectivity index is 1.31. The van der Waals surface area contributed by atoms with Crippen LogP contribution in [0.3, 0.4) is 0 Å². The fourth-order valence-electron chi connectivity index (χ4n) is 5.22. The van der Waals surface area contributed by atoms with Crippen molar-refractivity contribution < 1.29 is 0 Å². The molecule has 4 heteroatoms. The fraction of sp³-hybridized carbons (Fsp3) is 0.0278. The van der Waals surface area contributed by atoms with Crippen LogP contribution in [0.15, 0.2) is 156 Å². The van der Waals surface area contributed by atoms with Gasteiger partial charge in [-0.1, -0.05) is 127 Å². The third-order valence-corrected chi connectivity index (χ3v) is 7.22. The van der Waals surface area contributed by atoms with Crippen LogP contribution in [-0.4, -0.2) is 16.7 Å². The van der Waals surface area contributed by atoms with E-state index in [-0.39, 0.29) is 6.17 Å². The van der Waals surface area contributed by atoms with E-state index in [1.807, 2.05) is 60.8 Å². The average molecular weight is 515 g/mol. The number of hydrogen-bond acceptors (Lipinski definition) is 4. The molecule has 0 amide bonds. The second-order valence-corrected chi connectivity index (χ2v) is 9.73. The molecule has 40 heavy (non-hydrogen) atoms. The van der Waals surface area contributed by atoms with Gasteiger partial charge >= 0.3 is 0 Å². The standard InChI is InChI=1S/C36H26N4/c1-3-11-27(12-4-1)34-38-35(28-13-5-2-6-14-28)40-36(39-34)32-23-22-29(30-15-7-8-16-31(30)32)25-18-20-26(21-19-25)33-17-9-10-24-37-33/h1-24,34H,(H,38,39,40). The predicted octanol–water partition coefficient (Wildman–Crippen LogP) is 8.06. The molecule has 1 aromatic heterocycles. The number of aliphatic imine (C=N–C) groups is 2. The van der Waals surface area contributed by atoms with Crippen LogP contribution in [0.4, 0.5) is 0 Å². The molecule has 2 heterocycles. The van der Waals surface area contributed by atoms with Gasteiger partial charge in [-0.05, 0) is 39.6 Å². The molecule has 0 spiro atoms. The Labute approximate surface area is 233 Å². The monoisotopic (exact) mass is 514 g/mol. The zero-order valence-electron chi connectivity index (χ0n) is 21.8. The van der Waals surface area contributed by atoms with Crippen molar-refractivity contribution in [2.75, 3.05) is 0 Å². The Morgan fingerprint density at radius 2 is 1.05 bits per heavy atom. The van der Waals surface area contributed by atoms with Gasteiger partial charge in [0.15, 0.2) is 6.17 Å². The molecule has 1 aliphatic rings. The first-order chi connectivity index (χ1) is 19.8. The molecular weight excluding hydrogens is 488 g/mol. The fourth-order valence-corrected chi connectivity index (χ4v) is 5.22. The molecule has 5 aromatic carbocycles. The summed E-state index contributed by atoms with van der Waals surface area (Å²) in [5, 5.41) is 5.87. The summed E-state index contributed by atoms with van der Waals surface area (Å²) in [5.41, 5.74) is 7.56. The van der Waals surface area contributed by atoms with Gasteiger partial charge in [0.25, 0.3) is 0 Å². The lowest BCUT2D eigenvalue weighted by atomic mass is 9.93. The first-order valence-corrected chi connectivity index (χ1v) is 13.4. The van der Waals surface area contributed by atoms with Gasteiger partial charge in [-0.2, -0.15) is 0 Å². The molecular formula is C36H26N4. The van der Waals surface area contributed by atoms with Gasteiger partial charge in [0.1, 0.15) is 11.7 Å². The smallest absolute Gasteiger partial charge is 0.169 e. The van der Waals surface area contributed by atoms with Crippen LogP contribution in [0.25, 0.3) is 33.2 Å². The number of rotatable bonds is 5. The first kappa shape index (κ1) is 23.7. The summed E-state index contributed by atoms with van der Waals surface area (Å²) in [6, 6.07) is 48.0. The minimum Gasteiger partial charge on any atom is -0.324 e. The molecule has 1 aliphatic heterocycles. The third-order valence-electron chi connectivity index (χ3n) is 7.22. The van der Waals surface area contributed by atoms with E-state index in [2.05, 4.69) is 95.2 Å². The summed E-state index contributed by atoms with van der Waals surface area (Å²) in [6.45, 7) is 0. The molecule has 190 valence electrons. The molecule has 7 rings (SSSR count). The SMILES string of the molecule is c1ccc(C2=NC(c3ccccc3)N=C(c3ccc(-c4ccc(-c5ccccn5)cc4)c4ccccc34)N2)cc1. The maximum absolute atomic E-state index is 5.11. The van der Waals surface area contributed by atoms with E-state index in [1.165, 1.54) is 10.9 Å². The number of benzene rings is 5. The number of fused-ring (bicyclic) bond motifs is 1. The van der Waals surface area contributed by atoms with Crippen LogP contribution in [0.1, 0.15) is 22.9 Å². The summed E-state index contributed by atoms with van der Waals surface area (Å²) in [7, 11) is 0. The van der Waals surface area contributed by atoms with Crippen LogP contribution < -0.4 is 5.32 Å². The zero-order valence-corrected chi connectivity index (χ0v) is 21.8. The molecule has 1 N–H and O–H groups in total. The van der Waals surface area contributed by atoms with Crippen LogP contribution in [-0.2, 0) is 0 Å². The van der Waals surface area contributed by atoms with Gasteiger partial charge in [-0.15, -0.1) is 0 Å². The highest BCUT2D eigenvalue weighted by Crippen LogP contribution is 2.33. The van der Waals surface area contributed by atoms with E-state index in [9.17, 15) is 0 Å². The highest BCUT2D eigenvalue weighted by molar-refractivity contribution is 6.21. The van der Waals surface area contributed by atoms with Gasteiger partial charge < -0.3 is 5.32 Å². The second-order valence-electron chi connectivity index (χ2n) is 9.73. The Kier molecular flexibility index (Phi) is 6.19. The van der Waals surface area contributed by atoms with Crippen LogP contribution in [0, 0.1) is 0 Å². The van der Waals surface area contributed by atoms with E-state index < -0.39 is 0 Å². The summed E-state index contributed by atoms with van der Waals surface area (Å²) in [4.78, 5) is 14.6. The number of nitrogens with zero attached hydrogens (tertiary/aromatic N) is 3. The molecule has 6 aromatic rings. The van der Waals surface area contributed by atoms with Gasteiger partial charge in [0.2, 0.25) is 0 Å². The van der Waals surface area contributed by atoms with Gasteiger partial charge in [0.05, 0.1) is 5.69 Å². The lowest BCUT2D eigenvalue weighted by molar-refractivity contribution is 0.756. The quantitative estimate of drug-likeness (QED) is 0.253. The summed E-state index contributed by atoms with van der Waals surface area (Å²) in [5.74, 6) is 1.63. The van der Waals surface area contributed by atoms with Crippen LogP contribution >= 0.6 is 0 Å². The Morgan fingerprint density at radius 3 is 1.77 bits per heavy atom. The third kappa shape index (κ3) is 4.56. The maximum atomic E-state index is 5.11. The first-order valence-electron chi connectivity index (χ1n) is 13.4. The van der Waals surface area contributed by atoms with Gasteiger partial charge in [0, 0.05) is 22.9 Å². The van der Waals surface area contributed by atoms with Crippen molar-refractivity contribution in [2.45, 2.75) is 6.17 Å². The van der Waals surface area contributed by atoms with E-state index in [1.54, 1.807) is 0 Å². The van der Waals surface area contributed by atoms with Gasteiger partial charge in [-0.25, -0.2) is 9.98 Å². The largest absolute Gasteiger partial charge is 0.324 e. The lowest BCUT2D eigenvalue weighted by Gasteiger charge is -2.23. The molecule has 0 saturated carbocycles. The van der Waals surface area contributed by atoms with Crippen molar-refractivity contribution in [3.05, 3.63) is 162 Å². The number of amidine groups is 2. The van der Waals surface area contributed by atoms with Crippen LogP contribution in [0.5, 0.6) is 0 Å². The van der Waals surface area contributed by atoms with Crippen molar-refractivity contribution in [1.82, 2.24) is 10.3 Å². The number of pyridine rings is 1. The maximum Gasteiger partial charge on any atom is 0.169 e. The number of aromatic nitrogens is 1. The van der Waals surface area contributed by atoms with E-state index in [4.69, 9.17) is 9.98 Å². The zero-order chi connectivity index (χ0) is 26.7. The van der Waals surface area contributed by atoms with Crippen molar-refractivity contribution in [3.8, 4) is 22.4 Å². The van der Waals surface area contributed by atoms with Gasteiger partial charge in [-0.3, -0.25) is 4.98 Å². The van der Waals surface area contributed by atoms with Crippen LogP contribution in [0.2, 0.25) is 0 Å². The highest BCUT2D eigenvalue weighted by atomic mass is 15.2. The Hall–Kier alpha value is -5.35. The average Bonchev–Trinajstić information content (AvgIpc) is 3.05. The summed E-state index contributed by atoms with van der Waals surface area (Å²) < 4.78 is 0. The number of nitrogens with one attached hydrogen (secondary N) is 1. The molecule has 0 aliphatic carbocycles. The normalized spacial score (nSPS) is 14.8. The highest BCUT2D eigenvalue weighted by Gasteiger charge is 2.22. The van der Waals surface area contributed by atoms with E-state index in [0.29, 0.717) is 0 Å². The number of hydrogen-bond donors (Lipinski definition) is 1. The molecule has 1 atom stereocenters. The molecule has 0 saturated heterocycles. The Bertz CT molecular complexity index is 1840. The van der Waals surface area contributed by atoms with Crippen molar-refractivity contribution in [3.63, 3.8) is 0 Å². The summed E-state index contributed by atoms with van der Waals surface area (Å²) >= 11 is 0. The second kappa shape index (κ2) is 10.4. The van der Waals surface area contributed by atoms with E-state index in [0.717, 1.165) is 50.6 Å². The molecule has 0 fully saturated rings. The topological polar surface area (TPSA) is 49.6 Å². The van der Waals surface area contributed by atoms with Crippen molar-refractivity contribution in [2.24, 2.45) is 9.98 Å². The van der Waals surface area contributed by atoms with E-state index >= 15 is 0 Å². The van der Waals surface area contributed by atoms with Crippen molar-refractivity contribution in [1.29, 1.82) is 0 Å². The summed E-state index contributed by atoms with van der Waals surface area (Å²) in [6.07, 6.45) is 1.50. The molecule has 0 radical (unpaired) electrons. The Morgan fingerprint density at radius 1 is 0.450 bits per heavy atom. The lowest BCUT2D eigenvalue weighted by Crippen LogP contribution is -2.36. The molecule has 0 bridgehead atoms. The molecule has 4 nitrogen and oxygen atoms in total. The minimum atomic E-state index is -0.328. The molecule has 1 unspecified atom stereocenters.